The molecule has 0 saturated heterocycles. The van der Waals surface area contributed by atoms with E-state index in [1.807, 2.05) is 18.2 Å². The predicted octanol–water partition coefficient (Wildman–Crippen LogP) is 2.92. The minimum absolute atomic E-state index is 0.182. The van der Waals surface area contributed by atoms with Crippen molar-refractivity contribution in [3.63, 3.8) is 0 Å². The Bertz CT molecular complexity index is 597. The van der Waals surface area contributed by atoms with Gasteiger partial charge in [0.1, 0.15) is 13.1 Å². The van der Waals surface area contributed by atoms with Crippen molar-refractivity contribution in [1.29, 1.82) is 0 Å². The number of quaternary nitrogens is 1. The van der Waals surface area contributed by atoms with Crippen molar-refractivity contribution in [1.82, 2.24) is 0 Å². The molecule has 2 aromatic carbocycles. The number of hydrogen-bond acceptors (Lipinski definition) is 0. The zero-order valence-corrected chi connectivity index (χ0v) is 13.2. The van der Waals surface area contributed by atoms with E-state index in [9.17, 15) is 0 Å². The molecule has 0 bridgehead atoms. The Morgan fingerprint density at radius 3 is 2.00 bits per heavy atom. The van der Waals surface area contributed by atoms with Crippen LogP contribution in [-0.4, -0.2) is 12.1 Å². The van der Waals surface area contributed by atoms with Crippen LogP contribution in [0.5, 0.6) is 0 Å². The van der Waals surface area contributed by atoms with Crippen LogP contribution in [0.4, 0.5) is 0 Å². The molecule has 1 atom stereocenters. The summed E-state index contributed by atoms with van der Waals surface area (Å²) in [4.78, 5) is 1.48. The van der Waals surface area contributed by atoms with Gasteiger partial charge in [-0.25, -0.2) is 0 Å². The standard InChI is InChI=1S/C20H23N/c1-20(2,3)21(17-19-13-8-5-9-14-19)16-10-15-18-11-6-4-7-12-18/h4-9,11-14H,16-17H2,1-3H3/p+1. The van der Waals surface area contributed by atoms with Gasteiger partial charge in [-0.15, -0.1) is 0 Å². The molecule has 0 aliphatic heterocycles. The van der Waals surface area contributed by atoms with Gasteiger partial charge in [-0.2, -0.15) is 0 Å². The summed E-state index contributed by atoms with van der Waals surface area (Å²) in [6.07, 6.45) is 0. The Balaban J connectivity index is 2.06. The van der Waals surface area contributed by atoms with E-state index in [2.05, 4.69) is 75.1 Å². The smallest absolute Gasteiger partial charge is 0.140 e. The molecule has 0 fully saturated rings. The predicted molar refractivity (Wildman–Crippen MR) is 89.0 cm³/mol. The molecule has 1 heteroatoms. The van der Waals surface area contributed by atoms with E-state index in [0.717, 1.165) is 18.7 Å². The molecular formula is C20H24N+. The van der Waals surface area contributed by atoms with Crippen molar-refractivity contribution in [3.05, 3.63) is 71.8 Å². The van der Waals surface area contributed by atoms with Gasteiger partial charge in [0.15, 0.2) is 0 Å². The maximum Gasteiger partial charge on any atom is 0.140 e. The van der Waals surface area contributed by atoms with Crippen molar-refractivity contribution < 1.29 is 4.90 Å². The molecule has 1 N–H and O–H groups in total. The largest absolute Gasteiger partial charge is 0.317 e. The fourth-order valence-corrected chi connectivity index (χ4v) is 2.21. The van der Waals surface area contributed by atoms with Gasteiger partial charge in [-0.1, -0.05) is 54.5 Å². The first-order chi connectivity index (χ1) is 10.1. The lowest BCUT2D eigenvalue weighted by atomic mass is 10.0. The van der Waals surface area contributed by atoms with Crippen molar-refractivity contribution in [3.8, 4) is 11.8 Å². The minimum Gasteiger partial charge on any atom is -0.317 e. The van der Waals surface area contributed by atoms with Crippen LogP contribution in [0.1, 0.15) is 31.9 Å². The zero-order valence-electron chi connectivity index (χ0n) is 13.2. The molecule has 0 amide bonds. The lowest BCUT2D eigenvalue weighted by Crippen LogP contribution is -3.17. The van der Waals surface area contributed by atoms with Crippen molar-refractivity contribution >= 4 is 0 Å². The molecule has 0 heterocycles. The van der Waals surface area contributed by atoms with E-state index in [4.69, 9.17) is 0 Å². The van der Waals surface area contributed by atoms with E-state index >= 15 is 0 Å². The fourth-order valence-electron chi connectivity index (χ4n) is 2.21. The second kappa shape index (κ2) is 7.11. The average molecular weight is 278 g/mol. The first-order valence-electron chi connectivity index (χ1n) is 7.49. The summed E-state index contributed by atoms with van der Waals surface area (Å²) in [5.41, 5.74) is 2.63. The minimum atomic E-state index is 0.182. The Morgan fingerprint density at radius 2 is 1.43 bits per heavy atom. The molecule has 0 aliphatic rings. The van der Waals surface area contributed by atoms with Gasteiger partial charge in [-0.05, 0) is 38.8 Å². The van der Waals surface area contributed by atoms with Crippen molar-refractivity contribution in [2.75, 3.05) is 6.54 Å². The average Bonchev–Trinajstić information content (AvgIpc) is 2.47. The van der Waals surface area contributed by atoms with Crippen LogP contribution in [0.25, 0.3) is 0 Å². The Morgan fingerprint density at radius 1 is 0.857 bits per heavy atom. The highest BCUT2D eigenvalue weighted by molar-refractivity contribution is 5.33. The Labute approximate surface area is 128 Å². The molecule has 0 saturated carbocycles. The van der Waals surface area contributed by atoms with Crippen LogP contribution in [0, 0.1) is 11.8 Å². The first-order valence-corrected chi connectivity index (χ1v) is 7.49. The fraction of sp³-hybridized carbons (Fsp3) is 0.300. The maximum absolute atomic E-state index is 3.34. The maximum atomic E-state index is 3.34. The molecular weight excluding hydrogens is 254 g/mol. The van der Waals surface area contributed by atoms with Crippen LogP contribution < -0.4 is 4.90 Å². The van der Waals surface area contributed by atoms with E-state index in [1.165, 1.54) is 10.5 Å². The normalized spacial score (nSPS) is 12.3. The summed E-state index contributed by atoms with van der Waals surface area (Å²) >= 11 is 0. The molecule has 1 unspecified atom stereocenters. The van der Waals surface area contributed by atoms with E-state index in [0.29, 0.717) is 0 Å². The number of rotatable bonds is 3. The van der Waals surface area contributed by atoms with Gasteiger partial charge in [0.05, 0.1) is 5.54 Å². The lowest BCUT2D eigenvalue weighted by molar-refractivity contribution is -0.953. The van der Waals surface area contributed by atoms with Gasteiger partial charge in [0.2, 0.25) is 0 Å². The highest BCUT2D eigenvalue weighted by Crippen LogP contribution is 1.99. The second-order valence-corrected chi connectivity index (χ2v) is 6.36. The first kappa shape index (κ1) is 15.4. The second-order valence-electron chi connectivity index (χ2n) is 6.36. The van der Waals surface area contributed by atoms with Gasteiger partial charge in [0, 0.05) is 11.1 Å². The SMILES string of the molecule is CC(C)(C)[NH+](CC#Cc1ccccc1)Cc1ccccc1. The molecule has 21 heavy (non-hydrogen) atoms. The van der Waals surface area contributed by atoms with E-state index in [-0.39, 0.29) is 5.54 Å². The van der Waals surface area contributed by atoms with Crippen molar-refractivity contribution in [2.24, 2.45) is 0 Å². The molecule has 0 aliphatic carbocycles. The molecule has 0 spiro atoms. The quantitative estimate of drug-likeness (QED) is 0.823. The molecule has 108 valence electrons. The molecule has 2 aromatic rings. The summed E-state index contributed by atoms with van der Waals surface area (Å²) in [5.74, 6) is 6.60. The van der Waals surface area contributed by atoms with Gasteiger partial charge in [-0.3, -0.25) is 0 Å². The lowest BCUT2D eigenvalue weighted by Gasteiger charge is -2.30. The monoisotopic (exact) mass is 278 g/mol. The van der Waals surface area contributed by atoms with Crippen LogP contribution in [0.3, 0.4) is 0 Å². The highest BCUT2D eigenvalue weighted by Gasteiger charge is 2.24. The Kier molecular flexibility index (Phi) is 5.20. The summed E-state index contributed by atoms with van der Waals surface area (Å²) < 4.78 is 0. The highest BCUT2D eigenvalue weighted by atomic mass is 15.2. The summed E-state index contributed by atoms with van der Waals surface area (Å²) in [7, 11) is 0. The third-order valence-corrected chi connectivity index (χ3v) is 3.63. The van der Waals surface area contributed by atoms with Gasteiger partial charge in [0.25, 0.3) is 0 Å². The number of benzene rings is 2. The topological polar surface area (TPSA) is 4.44 Å². The third-order valence-electron chi connectivity index (χ3n) is 3.63. The molecule has 0 radical (unpaired) electrons. The molecule has 2 rings (SSSR count). The van der Waals surface area contributed by atoms with Crippen LogP contribution >= 0.6 is 0 Å². The van der Waals surface area contributed by atoms with Crippen LogP contribution in [0.2, 0.25) is 0 Å². The molecule has 0 aromatic heterocycles. The van der Waals surface area contributed by atoms with Gasteiger partial charge >= 0.3 is 0 Å². The van der Waals surface area contributed by atoms with Crippen molar-refractivity contribution in [2.45, 2.75) is 32.9 Å². The van der Waals surface area contributed by atoms with E-state index < -0.39 is 0 Å². The Hall–Kier alpha value is -2.04. The number of hydrogen-bond donors (Lipinski definition) is 1. The van der Waals surface area contributed by atoms with Gasteiger partial charge < -0.3 is 4.90 Å². The van der Waals surface area contributed by atoms with E-state index in [1.54, 1.807) is 0 Å². The zero-order chi connectivity index (χ0) is 15.1. The summed E-state index contributed by atoms with van der Waals surface area (Å²) in [6, 6.07) is 20.8. The van der Waals surface area contributed by atoms with Crippen LogP contribution in [-0.2, 0) is 6.54 Å². The van der Waals surface area contributed by atoms with Crippen LogP contribution in [0.15, 0.2) is 60.7 Å². The summed E-state index contributed by atoms with van der Waals surface area (Å²) in [6.45, 7) is 8.68. The summed E-state index contributed by atoms with van der Waals surface area (Å²) in [5, 5.41) is 0. The third kappa shape index (κ3) is 5.10. The number of nitrogens with one attached hydrogen (secondary N) is 1. The molecule has 1 nitrogen and oxygen atoms in total.